The van der Waals surface area contributed by atoms with Gasteiger partial charge in [-0.25, -0.2) is 9.59 Å². The monoisotopic (exact) mass is 328 g/mol. The van der Waals surface area contributed by atoms with Crippen LogP contribution in [0.25, 0.3) is 0 Å². The molecule has 0 aromatic carbocycles. The van der Waals surface area contributed by atoms with Crippen molar-refractivity contribution in [1.82, 2.24) is 0 Å². The van der Waals surface area contributed by atoms with Crippen molar-refractivity contribution in [1.29, 1.82) is 0 Å². The van der Waals surface area contributed by atoms with E-state index in [-0.39, 0.29) is 16.6 Å². The highest BCUT2D eigenvalue weighted by Gasteiger charge is 2.63. The van der Waals surface area contributed by atoms with E-state index in [1.807, 2.05) is 6.92 Å². The first-order valence-electron chi connectivity index (χ1n) is 8.85. The second-order valence-electron chi connectivity index (χ2n) is 8.62. The predicted octanol–water partition coefficient (Wildman–Crippen LogP) is 3.80. The number of carboxylic acids is 2. The van der Waals surface area contributed by atoms with Gasteiger partial charge in [0.15, 0.2) is 0 Å². The van der Waals surface area contributed by atoms with Crippen molar-refractivity contribution in [3.63, 3.8) is 0 Å². The molecule has 0 aromatic heterocycles. The molecule has 2 N–H and O–H groups in total. The molecule has 0 unspecified atom stereocenters. The van der Waals surface area contributed by atoms with E-state index in [4.69, 9.17) is 0 Å². The SMILES string of the molecule is C=C1C=C(C(=O)O)C(C)(C23CC4CC(CC(C4)C2)C3)C(C(=O)O)=C1. The van der Waals surface area contributed by atoms with Crippen LogP contribution in [0.15, 0.2) is 35.5 Å². The Labute approximate surface area is 141 Å². The largest absolute Gasteiger partial charge is 0.478 e. The van der Waals surface area contributed by atoms with Crippen molar-refractivity contribution in [2.75, 3.05) is 0 Å². The molecule has 4 heteroatoms. The first-order valence-corrected chi connectivity index (χ1v) is 8.85. The van der Waals surface area contributed by atoms with E-state index in [0.717, 1.165) is 19.3 Å². The van der Waals surface area contributed by atoms with E-state index >= 15 is 0 Å². The van der Waals surface area contributed by atoms with Gasteiger partial charge in [0.2, 0.25) is 0 Å². The van der Waals surface area contributed by atoms with Gasteiger partial charge < -0.3 is 10.2 Å². The third-order valence-electron chi connectivity index (χ3n) is 7.30. The van der Waals surface area contributed by atoms with Crippen LogP contribution in [0, 0.1) is 28.6 Å². The molecule has 0 saturated heterocycles. The van der Waals surface area contributed by atoms with Crippen LogP contribution in [0.4, 0.5) is 0 Å². The Bertz CT molecular complexity index is 640. The summed E-state index contributed by atoms with van der Waals surface area (Å²) in [5.74, 6) is -0.141. The number of carboxylic acid groups (broad SMARTS) is 2. The lowest BCUT2D eigenvalue weighted by molar-refractivity contribution is -0.144. The molecule has 24 heavy (non-hydrogen) atoms. The molecule has 0 radical (unpaired) electrons. The van der Waals surface area contributed by atoms with Gasteiger partial charge in [-0.1, -0.05) is 13.5 Å². The van der Waals surface area contributed by atoms with Crippen molar-refractivity contribution >= 4 is 11.9 Å². The number of rotatable bonds is 3. The molecule has 0 heterocycles. The molecule has 5 aliphatic carbocycles. The standard InChI is InChI=1S/C20H24O4/c1-11-3-15(17(21)22)19(2,16(4-11)18(23)24)20-8-12-5-13(9-20)7-14(6-12)10-20/h3-4,12-14H,1,5-10H2,2H3,(H,21,22)(H,23,24). The van der Waals surface area contributed by atoms with E-state index < -0.39 is 17.4 Å². The summed E-state index contributed by atoms with van der Waals surface area (Å²) < 4.78 is 0. The summed E-state index contributed by atoms with van der Waals surface area (Å²) in [6, 6.07) is 0. The van der Waals surface area contributed by atoms with Crippen LogP contribution in [0.1, 0.15) is 45.4 Å². The first-order chi connectivity index (χ1) is 11.2. The van der Waals surface area contributed by atoms with E-state index in [9.17, 15) is 19.8 Å². The van der Waals surface area contributed by atoms with E-state index in [1.54, 1.807) is 12.2 Å². The maximum atomic E-state index is 12.0. The van der Waals surface area contributed by atoms with Gasteiger partial charge in [-0.15, -0.1) is 0 Å². The Hall–Kier alpha value is -1.84. The van der Waals surface area contributed by atoms with Crippen LogP contribution in [-0.4, -0.2) is 22.2 Å². The molecule has 0 aromatic rings. The number of allylic oxidation sites excluding steroid dienone is 3. The fourth-order valence-electron chi connectivity index (χ4n) is 6.69. The third-order valence-corrected chi connectivity index (χ3v) is 7.30. The summed E-state index contributed by atoms with van der Waals surface area (Å²) in [6.07, 6.45) is 9.76. The Morgan fingerprint density at radius 1 is 0.958 bits per heavy atom. The van der Waals surface area contributed by atoms with Crippen molar-refractivity contribution in [2.24, 2.45) is 28.6 Å². The molecule has 5 rings (SSSR count). The molecule has 0 spiro atoms. The molecular weight excluding hydrogens is 304 g/mol. The summed E-state index contributed by atoms with van der Waals surface area (Å²) in [7, 11) is 0. The zero-order valence-electron chi connectivity index (χ0n) is 14.0. The van der Waals surface area contributed by atoms with Crippen LogP contribution < -0.4 is 0 Å². The molecule has 4 fully saturated rings. The maximum absolute atomic E-state index is 12.0. The van der Waals surface area contributed by atoms with Crippen molar-refractivity contribution in [2.45, 2.75) is 45.4 Å². The molecule has 0 amide bonds. The predicted molar refractivity (Wildman–Crippen MR) is 89.3 cm³/mol. The van der Waals surface area contributed by atoms with Crippen molar-refractivity contribution in [3.8, 4) is 0 Å². The third kappa shape index (κ3) is 1.92. The molecule has 4 saturated carbocycles. The number of hydrogen-bond donors (Lipinski definition) is 2. The minimum Gasteiger partial charge on any atom is -0.478 e. The van der Waals surface area contributed by atoms with Gasteiger partial charge >= 0.3 is 11.9 Å². The second kappa shape index (κ2) is 4.84. The molecule has 0 aliphatic heterocycles. The van der Waals surface area contributed by atoms with Gasteiger partial charge in [0.05, 0.1) is 0 Å². The zero-order valence-corrected chi connectivity index (χ0v) is 14.0. The normalized spacial score (nSPS) is 39.4. The van der Waals surface area contributed by atoms with Gasteiger partial charge in [0.25, 0.3) is 0 Å². The smallest absolute Gasteiger partial charge is 0.332 e. The zero-order chi connectivity index (χ0) is 17.3. The summed E-state index contributed by atoms with van der Waals surface area (Å²) in [5.41, 5.74) is -0.283. The van der Waals surface area contributed by atoms with Gasteiger partial charge in [0.1, 0.15) is 0 Å². The fourth-order valence-corrected chi connectivity index (χ4v) is 6.69. The minimum atomic E-state index is -1.01. The molecule has 128 valence electrons. The highest BCUT2D eigenvalue weighted by molar-refractivity contribution is 5.98. The van der Waals surface area contributed by atoms with Gasteiger partial charge in [-0.2, -0.15) is 0 Å². The van der Waals surface area contributed by atoms with Crippen LogP contribution in [0.5, 0.6) is 0 Å². The lowest BCUT2D eigenvalue weighted by Crippen LogP contribution is -2.56. The van der Waals surface area contributed by atoms with Crippen LogP contribution in [0.2, 0.25) is 0 Å². The Morgan fingerprint density at radius 3 is 1.67 bits per heavy atom. The minimum absolute atomic E-state index is 0.217. The summed E-state index contributed by atoms with van der Waals surface area (Å²) in [6.45, 7) is 5.68. The second-order valence-corrected chi connectivity index (χ2v) is 8.62. The van der Waals surface area contributed by atoms with Gasteiger partial charge in [-0.3, -0.25) is 0 Å². The Balaban J connectivity index is 1.90. The summed E-state index contributed by atoms with van der Waals surface area (Å²) in [4.78, 5) is 24.1. The van der Waals surface area contributed by atoms with Gasteiger partial charge in [-0.05, 0) is 79.4 Å². The van der Waals surface area contributed by atoms with Crippen LogP contribution >= 0.6 is 0 Å². The number of aliphatic carboxylic acids is 2. The molecule has 5 aliphatic rings. The summed E-state index contributed by atoms with van der Waals surface area (Å²) in [5, 5.41) is 19.7. The molecule has 4 nitrogen and oxygen atoms in total. The highest BCUT2D eigenvalue weighted by Crippen LogP contribution is 2.69. The Morgan fingerprint density at radius 2 is 1.33 bits per heavy atom. The molecule has 4 bridgehead atoms. The van der Waals surface area contributed by atoms with Crippen LogP contribution in [0.3, 0.4) is 0 Å². The quantitative estimate of drug-likeness (QED) is 0.826. The summed E-state index contributed by atoms with van der Waals surface area (Å²) >= 11 is 0. The van der Waals surface area contributed by atoms with E-state index in [2.05, 4.69) is 6.58 Å². The Kier molecular flexibility index (Phi) is 3.16. The van der Waals surface area contributed by atoms with Crippen molar-refractivity contribution in [3.05, 3.63) is 35.5 Å². The van der Waals surface area contributed by atoms with Gasteiger partial charge in [0, 0.05) is 16.6 Å². The molecular formula is C20H24O4. The lowest BCUT2D eigenvalue weighted by Gasteiger charge is -2.63. The average molecular weight is 328 g/mol. The first kappa shape index (κ1) is 15.7. The number of carbonyl (C=O) groups is 2. The van der Waals surface area contributed by atoms with E-state index in [1.165, 1.54) is 19.3 Å². The molecule has 0 atom stereocenters. The average Bonchev–Trinajstić information content (AvgIpc) is 2.47. The topological polar surface area (TPSA) is 74.6 Å². The highest BCUT2D eigenvalue weighted by atomic mass is 16.4. The fraction of sp³-hybridized carbons (Fsp3) is 0.600. The van der Waals surface area contributed by atoms with Crippen molar-refractivity contribution < 1.29 is 19.8 Å². The van der Waals surface area contributed by atoms with E-state index in [0.29, 0.717) is 23.3 Å². The van der Waals surface area contributed by atoms with Crippen LogP contribution in [-0.2, 0) is 9.59 Å². The maximum Gasteiger partial charge on any atom is 0.332 e. The lowest BCUT2D eigenvalue weighted by atomic mass is 9.40. The number of hydrogen-bond acceptors (Lipinski definition) is 2.